The number of quaternary nitrogens is 2. The van der Waals surface area contributed by atoms with Crippen molar-refractivity contribution in [3.63, 3.8) is 0 Å². The molecule has 5 heteroatoms. The van der Waals surface area contributed by atoms with Crippen LogP contribution in [-0.4, -0.2) is 70.9 Å². The summed E-state index contributed by atoms with van der Waals surface area (Å²) < 4.78 is 7.52. The standard InChI is InChI=1S/C33H64N2O.2ClH/c1-34(2,3)29-23-31-35(4,5)30-22-20-18-16-14-12-10-8-7-9-11-13-15-17-19-21-24-32-25-27-33(36-6)28-26-32;;/h25-28H,7-24,29-31H2,1-6H3;2*1H/q+2;;/p-2. The normalized spacial score (nSPS) is 11.6. The van der Waals surface area contributed by atoms with Gasteiger partial charge in [0.25, 0.3) is 0 Å². The van der Waals surface area contributed by atoms with Crippen LogP contribution in [0.1, 0.15) is 115 Å². The fraction of sp³-hybridized carbons (Fsp3) is 0.818. The first-order chi connectivity index (χ1) is 17.2. The molecule has 0 atom stereocenters. The quantitative estimate of drug-likeness (QED) is 0.136. The van der Waals surface area contributed by atoms with E-state index < -0.39 is 0 Å². The van der Waals surface area contributed by atoms with Gasteiger partial charge in [-0.15, -0.1) is 0 Å². The molecule has 0 aromatic heterocycles. The van der Waals surface area contributed by atoms with Gasteiger partial charge in [-0.05, 0) is 43.4 Å². The second-order valence-corrected chi connectivity index (χ2v) is 13.0. The highest BCUT2D eigenvalue weighted by atomic mass is 35.5. The lowest BCUT2D eigenvalue weighted by atomic mass is 10.0. The number of benzene rings is 1. The number of rotatable bonds is 24. The number of nitrogens with zero attached hydrogens (tertiary/aromatic N) is 2. The van der Waals surface area contributed by atoms with Gasteiger partial charge in [-0.2, -0.15) is 0 Å². The Morgan fingerprint density at radius 1 is 0.474 bits per heavy atom. The minimum absolute atomic E-state index is 0. The molecule has 0 unspecified atom stereocenters. The summed E-state index contributed by atoms with van der Waals surface area (Å²) in [6.45, 7) is 3.95. The van der Waals surface area contributed by atoms with Gasteiger partial charge < -0.3 is 38.5 Å². The Morgan fingerprint density at radius 2 is 0.842 bits per heavy atom. The van der Waals surface area contributed by atoms with Crippen LogP contribution in [0.3, 0.4) is 0 Å². The van der Waals surface area contributed by atoms with Crippen molar-refractivity contribution in [2.24, 2.45) is 0 Å². The summed E-state index contributed by atoms with van der Waals surface area (Å²) >= 11 is 0. The van der Waals surface area contributed by atoms with Crippen molar-refractivity contribution in [3.05, 3.63) is 29.8 Å². The average molecular weight is 576 g/mol. The van der Waals surface area contributed by atoms with E-state index in [-0.39, 0.29) is 24.8 Å². The smallest absolute Gasteiger partial charge is 0.118 e. The highest BCUT2D eigenvalue weighted by molar-refractivity contribution is 5.27. The molecule has 0 N–H and O–H groups in total. The maximum Gasteiger partial charge on any atom is 0.118 e. The van der Waals surface area contributed by atoms with E-state index in [4.69, 9.17) is 4.74 Å². The molecule has 1 aromatic rings. The van der Waals surface area contributed by atoms with E-state index in [0.29, 0.717) is 0 Å². The third-order valence-electron chi connectivity index (χ3n) is 7.73. The number of ether oxygens (including phenoxy) is 1. The van der Waals surface area contributed by atoms with E-state index in [1.54, 1.807) is 7.11 Å². The van der Waals surface area contributed by atoms with Crippen molar-refractivity contribution >= 4 is 0 Å². The van der Waals surface area contributed by atoms with Crippen LogP contribution in [0.5, 0.6) is 5.75 Å². The average Bonchev–Trinajstić information content (AvgIpc) is 2.82. The lowest BCUT2D eigenvalue weighted by Gasteiger charge is -2.31. The Kier molecular flexibility index (Phi) is 25.4. The molecule has 0 saturated carbocycles. The van der Waals surface area contributed by atoms with E-state index in [2.05, 4.69) is 59.5 Å². The fourth-order valence-electron chi connectivity index (χ4n) is 5.22. The van der Waals surface area contributed by atoms with Crippen LogP contribution in [0.2, 0.25) is 0 Å². The zero-order chi connectivity index (χ0) is 26.5. The Balaban J connectivity index is 0. The van der Waals surface area contributed by atoms with Crippen molar-refractivity contribution in [1.29, 1.82) is 0 Å². The molecule has 0 aliphatic carbocycles. The predicted molar refractivity (Wildman–Crippen MR) is 160 cm³/mol. The summed E-state index contributed by atoms with van der Waals surface area (Å²) in [5.74, 6) is 0.959. The summed E-state index contributed by atoms with van der Waals surface area (Å²) in [6, 6.07) is 8.56. The van der Waals surface area contributed by atoms with Crippen LogP contribution in [0.25, 0.3) is 0 Å². The van der Waals surface area contributed by atoms with Crippen molar-refractivity contribution in [2.75, 3.05) is 62.0 Å². The Bertz CT molecular complexity index is 629. The fourth-order valence-corrected chi connectivity index (χ4v) is 5.22. The number of hydrogen-bond donors (Lipinski definition) is 0. The molecule has 226 valence electrons. The monoisotopic (exact) mass is 574 g/mol. The minimum Gasteiger partial charge on any atom is -1.00 e. The van der Waals surface area contributed by atoms with Crippen molar-refractivity contribution in [3.8, 4) is 5.75 Å². The van der Waals surface area contributed by atoms with E-state index in [1.165, 1.54) is 145 Å². The molecule has 3 nitrogen and oxygen atoms in total. The molecule has 0 amide bonds. The molecule has 0 fully saturated rings. The second-order valence-electron chi connectivity index (χ2n) is 13.0. The second kappa shape index (κ2) is 24.3. The molecule has 0 saturated heterocycles. The predicted octanol–water partition coefficient (Wildman–Crippen LogP) is 2.66. The maximum absolute atomic E-state index is 5.23. The zero-order valence-electron chi connectivity index (χ0n) is 26.2. The summed E-state index contributed by atoms with van der Waals surface area (Å²) in [5, 5.41) is 0. The van der Waals surface area contributed by atoms with Gasteiger partial charge >= 0.3 is 0 Å². The molecule has 0 heterocycles. The van der Waals surface area contributed by atoms with Crippen LogP contribution in [-0.2, 0) is 6.42 Å². The summed E-state index contributed by atoms with van der Waals surface area (Å²) in [7, 11) is 13.5. The van der Waals surface area contributed by atoms with Gasteiger partial charge in [0.1, 0.15) is 5.75 Å². The first-order valence-corrected chi connectivity index (χ1v) is 15.5. The molecule has 1 rings (SSSR count). The number of hydrogen-bond acceptors (Lipinski definition) is 1. The number of aryl methyl sites for hydroxylation is 1. The third kappa shape index (κ3) is 24.6. The molecule has 0 aliphatic rings. The van der Waals surface area contributed by atoms with E-state index in [0.717, 1.165) is 10.2 Å². The van der Waals surface area contributed by atoms with Crippen LogP contribution in [0.15, 0.2) is 24.3 Å². The molecule has 0 bridgehead atoms. The molecular weight excluding hydrogens is 511 g/mol. The zero-order valence-corrected chi connectivity index (χ0v) is 27.7. The Labute approximate surface area is 251 Å². The van der Waals surface area contributed by atoms with Crippen LogP contribution < -0.4 is 29.6 Å². The van der Waals surface area contributed by atoms with Gasteiger partial charge in [-0.3, -0.25) is 0 Å². The Morgan fingerprint density at radius 3 is 1.24 bits per heavy atom. The van der Waals surface area contributed by atoms with Gasteiger partial charge in [0.05, 0.1) is 62.0 Å². The molecule has 0 spiro atoms. The minimum atomic E-state index is 0. The molecule has 0 aliphatic heterocycles. The maximum atomic E-state index is 5.23. The molecule has 1 aromatic carbocycles. The van der Waals surface area contributed by atoms with Crippen LogP contribution in [0.4, 0.5) is 0 Å². The van der Waals surface area contributed by atoms with E-state index >= 15 is 0 Å². The van der Waals surface area contributed by atoms with Gasteiger partial charge in [-0.25, -0.2) is 0 Å². The number of unbranched alkanes of at least 4 members (excludes halogenated alkanes) is 15. The van der Waals surface area contributed by atoms with Crippen LogP contribution in [0, 0.1) is 0 Å². The van der Waals surface area contributed by atoms with Gasteiger partial charge in [0.2, 0.25) is 0 Å². The summed E-state index contributed by atoms with van der Waals surface area (Å²) in [5.41, 5.74) is 1.44. The van der Waals surface area contributed by atoms with Crippen LogP contribution >= 0.6 is 0 Å². The van der Waals surface area contributed by atoms with Crippen molar-refractivity contribution in [1.82, 2.24) is 0 Å². The summed E-state index contributed by atoms with van der Waals surface area (Å²) in [6.07, 6.45) is 25.4. The topological polar surface area (TPSA) is 9.23 Å². The first-order valence-electron chi connectivity index (χ1n) is 15.5. The summed E-state index contributed by atoms with van der Waals surface area (Å²) in [4.78, 5) is 0. The van der Waals surface area contributed by atoms with E-state index in [9.17, 15) is 0 Å². The lowest BCUT2D eigenvalue weighted by molar-refractivity contribution is -0.902. The third-order valence-corrected chi connectivity index (χ3v) is 7.73. The Hall–Kier alpha value is -0.480. The van der Waals surface area contributed by atoms with Crippen molar-refractivity contribution in [2.45, 2.75) is 116 Å². The molecule has 38 heavy (non-hydrogen) atoms. The highest BCUT2D eigenvalue weighted by Crippen LogP contribution is 2.16. The highest BCUT2D eigenvalue weighted by Gasteiger charge is 2.16. The van der Waals surface area contributed by atoms with E-state index in [1.807, 2.05) is 0 Å². The number of methoxy groups -OCH3 is 1. The molecule has 0 radical (unpaired) electrons. The molecular formula is C33H64Cl2N2O. The van der Waals surface area contributed by atoms with Crippen molar-refractivity contribution < 1.29 is 38.5 Å². The van der Waals surface area contributed by atoms with Gasteiger partial charge in [-0.1, -0.05) is 95.6 Å². The largest absolute Gasteiger partial charge is 1.00 e. The lowest BCUT2D eigenvalue weighted by Crippen LogP contribution is -3.00. The SMILES string of the molecule is COc1ccc(CCCCCCCCCCCCCCCCCC[N+](C)(C)CCC[N+](C)(C)C)cc1.[Cl-].[Cl-]. The first kappa shape index (κ1) is 39.7. The van der Waals surface area contributed by atoms with Gasteiger partial charge in [0, 0.05) is 6.42 Å². The van der Waals surface area contributed by atoms with Gasteiger partial charge in [0.15, 0.2) is 0 Å². The number of halogens is 2.